The van der Waals surface area contributed by atoms with Gasteiger partial charge in [0.05, 0.1) is 16.1 Å². The third-order valence-electron chi connectivity index (χ3n) is 4.33. The number of fused-ring (bicyclic) bond motifs is 1. The molecular formula is C22H12BrNO6. The highest BCUT2D eigenvalue weighted by molar-refractivity contribution is 9.10. The summed E-state index contributed by atoms with van der Waals surface area (Å²) in [6.07, 6.45) is 1.50. The number of hydrogen-bond donors (Lipinski definition) is 0. The fourth-order valence-electron chi connectivity index (χ4n) is 2.83. The molecule has 4 rings (SSSR count). The number of rotatable bonds is 4. The van der Waals surface area contributed by atoms with Crippen LogP contribution in [0.2, 0.25) is 0 Å². The summed E-state index contributed by atoms with van der Waals surface area (Å²) in [7, 11) is 0. The van der Waals surface area contributed by atoms with Gasteiger partial charge in [0.15, 0.2) is 5.76 Å². The van der Waals surface area contributed by atoms with Crippen LogP contribution >= 0.6 is 15.9 Å². The van der Waals surface area contributed by atoms with Gasteiger partial charge in [0.1, 0.15) is 11.5 Å². The topological polar surface area (TPSA) is 95.7 Å². The number of allylic oxidation sites excluding steroid dienone is 1. The van der Waals surface area contributed by atoms with E-state index in [2.05, 4.69) is 15.9 Å². The number of carbonyl (C=O) groups is 2. The summed E-state index contributed by atoms with van der Waals surface area (Å²) in [5.41, 5.74) is 1.26. The first kappa shape index (κ1) is 19.5. The molecule has 0 spiro atoms. The van der Waals surface area contributed by atoms with Gasteiger partial charge >= 0.3 is 5.97 Å². The van der Waals surface area contributed by atoms with E-state index in [-0.39, 0.29) is 28.7 Å². The minimum Gasteiger partial charge on any atom is -0.452 e. The predicted octanol–water partition coefficient (Wildman–Crippen LogP) is 5.19. The standard InChI is InChI=1S/C22H12BrNO6/c23-15-5-3-14(4-6-15)22(26)29-17-9-10-18-19(12-17)30-20(21(18)25)11-13-1-7-16(8-2-13)24(27)28/h1-12H/b20-11-. The SMILES string of the molecule is O=C(Oc1ccc2c(c1)O/C(=C\c1ccc([N+](=O)[O-])cc1)C2=O)c1ccc(Br)cc1. The molecular weight excluding hydrogens is 454 g/mol. The van der Waals surface area contributed by atoms with Gasteiger partial charge in [-0.25, -0.2) is 4.79 Å². The van der Waals surface area contributed by atoms with E-state index >= 15 is 0 Å². The van der Waals surface area contributed by atoms with E-state index in [0.717, 1.165) is 4.47 Å². The third kappa shape index (κ3) is 3.99. The summed E-state index contributed by atoms with van der Waals surface area (Å²) in [6.45, 7) is 0. The molecule has 30 heavy (non-hydrogen) atoms. The zero-order valence-corrected chi connectivity index (χ0v) is 16.8. The second kappa shape index (κ2) is 7.92. The Labute approximate surface area is 178 Å². The molecule has 8 heteroatoms. The van der Waals surface area contributed by atoms with Crippen molar-refractivity contribution in [2.45, 2.75) is 0 Å². The molecule has 148 valence electrons. The highest BCUT2D eigenvalue weighted by atomic mass is 79.9. The molecule has 0 radical (unpaired) electrons. The molecule has 0 amide bonds. The summed E-state index contributed by atoms with van der Waals surface area (Å²) < 4.78 is 11.8. The van der Waals surface area contributed by atoms with Gasteiger partial charge in [0.2, 0.25) is 5.78 Å². The lowest BCUT2D eigenvalue weighted by Gasteiger charge is -2.06. The van der Waals surface area contributed by atoms with Crippen molar-refractivity contribution >= 4 is 39.4 Å². The van der Waals surface area contributed by atoms with Crippen LogP contribution in [0.4, 0.5) is 5.69 Å². The first-order valence-electron chi connectivity index (χ1n) is 8.71. The smallest absolute Gasteiger partial charge is 0.343 e. The number of esters is 1. The average molecular weight is 466 g/mol. The summed E-state index contributed by atoms with van der Waals surface area (Å²) in [5, 5.41) is 10.7. The lowest BCUT2D eigenvalue weighted by atomic mass is 10.1. The Morgan fingerprint density at radius 2 is 1.73 bits per heavy atom. The van der Waals surface area contributed by atoms with E-state index in [1.54, 1.807) is 24.3 Å². The van der Waals surface area contributed by atoms with E-state index in [1.165, 1.54) is 48.5 Å². The van der Waals surface area contributed by atoms with Gasteiger partial charge in [0.25, 0.3) is 5.69 Å². The number of nitrogens with zero attached hydrogens (tertiary/aromatic N) is 1. The largest absolute Gasteiger partial charge is 0.452 e. The molecule has 3 aromatic carbocycles. The molecule has 0 bridgehead atoms. The molecule has 0 N–H and O–H groups in total. The summed E-state index contributed by atoms with van der Waals surface area (Å²) in [4.78, 5) is 35.1. The van der Waals surface area contributed by atoms with Crippen molar-refractivity contribution in [3.63, 3.8) is 0 Å². The lowest BCUT2D eigenvalue weighted by Crippen LogP contribution is -2.08. The fourth-order valence-corrected chi connectivity index (χ4v) is 3.09. The Morgan fingerprint density at radius 1 is 1.03 bits per heavy atom. The second-order valence-electron chi connectivity index (χ2n) is 6.34. The van der Waals surface area contributed by atoms with Gasteiger partial charge < -0.3 is 9.47 Å². The van der Waals surface area contributed by atoms with Crippen LogP contribution in [0.25, 0.3) is 6.08 Å². The number of Topliss-reactive ketones (excluding diaryl/α,β-unsaturated/α-hetero) is 1. The van der Waals surface area contributed by atoms with E-state index in [4.69, 9.17) is 9.47 Å². The summed E-state index contributed by atoms with van der Waals surface area (Å²) >= 11 is 3.30. The Balaban J connectivity index is 1.52. The molecule has 1 aliphatic heterocycles. The molecule has 0 saturated carbocycles. The molecule has 1 heterocycles. The number of benzene rings is 3. The van der Waals surface area contributed by atoms with Crippen molar-refractivity contribution in [1.29, 1.82) is 0 Å². The normalized spacial score (nSPS) is 13.6. The van der Waals surface area contributed by atoms with Crippen LogP contribution in [-0.4, -0.2) is 16.7 Å². The lowest BCUT2D eigenvalue weighted by molar-refractivity contribution is -0.384. The van der Waals surface area contributed by atoms with Crippen molar-refractivity contribution in [1.82, 2.24) is 0 Å². The van der Waals surface area contributed by atoms with Crippen LogP contribution in [-0.2, 0) is 0 Å². The Morgan fingerprint density at radius 3 is 2.40 bits per heavy atom. The highest BCUT2D eigenvalue weighted by Crippen LogP contribution is 2.35. The van der Waals surface area contributed by atoms with Crippen LogP contribution in [0.3, 0.4) is 0 Å². The number of non-ortho nitro benzene ring substituents is 1. The Bertz CT molecular complexity index is 1200. The highest BCUT2D eigenvalue weighted by Gasteiger charge is 2.28. The van der Waals surface area contributed by atoms with E-state index in [0.29, 0.717) is 16.7 Å². The maximum absolute atomic E-state index is 12.5. The zero-order chi connectivity index (χ0) is 21.3. The monoisotopic (exact) mass is 465 g/mol. The van der Waals surface area contributed by atoms with Crippen LogP contribution in [0, 0.1) is 10.1 Å². The van der Waals surface area contributed by atoms with Gasteiger partial charge in [0, 0.05) is 22.7 Å². The number of hydrogen-bond acceptors (Lipinski definition) is 6. The molecule has 0 saturated heterocycles. The van der Waals surface area contributed by atoms with Gasteiger partial charge in [-0.2, -0.15) is 0 Å². The van der Waals surface area contributed by atoms with E-state index < -0.39 is 10.9 Å². The minimum atomic E-state index is -0.534. The van der Waals surface area contributed by atoms with Gasteiger partial charge in [-0.15, -0.1) is 0 Å². The summed E-state index contributed by atoms with van der Waals surface area (Å²) in [6, 6.07) is 17.0. The second-order valence-corrected chi connectivity index (χ2v) is 7.26. The molecule has 3 aromatic rings. The first-order valence-corrected chi connectivity index (χ1v) is 9.50. The number of nitro benzene ring substituents is 1. The van der Waals surface area contributed by atoms with Crippen molar-refractivity contribution in [3.05, 3.63) is 104 Å². The number of ether oxygens (including phenoxy) is 2. The van der Waals surface area contributed by atoms with E-state index in [1.807, 2.05) is 0 Å². The van der Waals surface area contributed by atoms with Gasteiger partial charge in [-0.3, -0.25) is 14.9 Å². The molecule has 1 aliphatic rings. The van der Waals surface area contributed by atoms with Crippen molar-refractivity contribution in [2.24, 2.45) is 0 Å². The maximum Gasteiger partial charge on any atom is 0.343 e. The molecule has 0 aromatic heterocycles. The average Bonchev–Trinajstić information content (AvgIpc) is 3.03. The predicted molar refractivity (Wildman–Crippen MR) is 112 cm³/mol. The molecule has 0 aliphatic carbocycles. The van der Waals surface area contributed by atoms with Crippen LogP contribution < -0.4 is 9.47 Å². The maximum atomic E-state index is 12.5. The van der Waals surface area contributed by atoms with Crippen LogP contribution in [0.15, 0.2) is 77.0 Å². The minimum absolute atomic E-state index is 0.0451. The number of ketones is 1. The Hall–Kier alpha value is -3.78. The molecule has 0 unspecified atom stereocenters. The number of halogens is 1. The van der Waals surface area contributed by atoms with Crippen LogP contribution in [0.5, 0.6) is 11.5 Å². The van der Waals surface area contributed by atoms with Gasteiger partial charge in [-0.1, -0.05) is 15.9 Å². The quantitative estimate of drug-likeness (QED) is 0.173. The molecule has 0 fully saturated rings. The van der Waals surface area contributed by atoms with Crippen molar-refractivity contribution in [2.75, 3.05) is 0 Å². The molecule has 7 nitrogen and oxygen atoms in total. The third-order valence-corrected chi connectivity index (χ3v) is 4.86. The fraction of sp³-hybridized carbons (Fsp3) is 0. The van der Waals surface area contributed by atoms with E-state index in [9.17, 15) is 19.7 Å². The molecule has 0 atom stereocenters. The number of carbonyl (C=O) groups excluding carboxylic acids is 2. The van der Waals surface area contributed by atoms with Crippen molar-refractivity contribution < 1.29 is 24.0 Å². The van der Waals surface area contributed by atoms with Crippen LogP contribution in [0.1, 0.15) is 26.3 Å². The first-order chi connectivity index (χ1) is 14.4. The van der Waals surface area contributed by atoms with Gasteiger partial charge in [-0.05, 0) is 60.2 Å². The Kier molecular flexibility index (Phi) is 5.16. The number of nitro groups is 1. The summed E-state index contributed by atoms with van der Waals surface area (Å²) in [5.74, 6) is -0.266. The van der Waals surface area contributed by atoms with Crippen molar-refractivity contribution in [3.8, 4) is 11.5 Å². The zero-order valence-electron chi connectivity index (χ0n) is 15.2.